The van der Waals surface area contributed by atoms with E-state index in [-0.39, 0.29) is 12.4 Å². The maximum absolute atomic E-state index is 13.8. The molecule has 0 aliphatic rings. The smallest absolute Gasteiger partial charge is 0.213 e. The maximum atomic E-state index is 13.8. The molecule has 0 unspecified atom stereocenters. The molecule has 0 saturated heterocycles. The van der Waals surface area contributed by atoms with Gasteiger partial charge in [0.05, 0.1) is 0 Å². The van der Waals surface area contributed by atoms with Crippen LogP contribution in [0.25, 0.3) is 0 Å². The lowest BCUT2D eigenvalue weighted by Gasteiger charge is -2.13. The first-order chi connectivity index (χ1) is 13.2. The summed E-state index contributed by atoms with van der Waals surface area (Å²) in [6, 6.07) is 17.5. The van der Waals surface area contributed by atoms with E-state index in [0.717, 1.165) is 5.56 Å². The van der Waals surface area contributed by atoms with Crippen molar-refractivity contribution < 1.29 is 13.9 Å². The molecule has 0 atom stereocenters. The van der Waals surface area contributed by atoms with Crippen LogP contribution in [-0.2, 0) is 13.2 Å². The van der Waals surface area contributed by atoms with Gasteiger partial charge in [0.15, 0.2) is 0 Å². The Balaban J connectivity index is 1.52. The number of pyridine rings is 1. The van der Waals surface area contributed by atoms with E-state index < -0.39 is 0 Å². The van der Waals surface area contributed by atoms with Gasteiger partial charge in [-0.2, -0.15) is 0 Å². The number of halogens is 2. The van der Waals surface area contributed by atoms with Crippen molar-refractivity contribution in [2.45, 2.75) is 13.2 Å². The standard InChI is InChI=1S/C21H20ClFN2O2/c22-18-8-9-20(27-15-16-5-1-2-6-19(16)23)17(13-18)14-24-11-12-26-21-7-3-4-10-25-21/h1-10,13,24H,11-12,14-15H2. The summed E-state index contributed by atoms with van der Waals surface area (Å²) >= 11 is 6.10. The Morgan fingerprint density at radius 3 is 2.63 bits per heavy atom. The third kappa shape index (κ3) is 5.94. The highest BCUT2D eigenvalue weighted by atomic mass is 35.5. The van der Waals surface area contributed by atoms with Crippen LogP contribution in [-0.4, -0.2) is 18.1 Å². The van der Waals surface area contributed by atoms with Crippen molar-refractivity contribution in [3.05, 3.63) is 88.8 Å². The van der Waals surface area contributed by atoms with Crippen LogP contribution in [0.2, 0.25) is 5.02 Å². The second kappa shape index (κ2) is 9.90. The van der Waals surface area contributed by atoms with Crippen LogP contribution in [0.4, 0.5) is 4.39 Å². The van der Waals surface area contributed by atoms with Crippen molar-refractivity contribution in [1.29, 1.82) is 0 Å². The van der Waals surface area contributed by atoms with E-state index in [0.29, 0.717) is 41.9 Å². The fourth-order valence-corrected chi connectivity index (χ4v) is 2.68. The fourth-order valence-electron chi connectivity index (χ4n) is 2.48. The van der Waals surface area contributed by atoms with Crippen molar-refractivity contribution in [1.82, 2.24) is 10.3 Å². The molecule has 4 nitrogen and oxygen atoms in total. The van der Waals surface area contributed by atoms with Gasteiger partial charge in [-0.05, 0) is 30.3 Å². The van der Waals surface area contributed by atoms with Crippen LogP contribution < -0.4 is 14.8 Å². The molecule has 27 heavy (non-hydrogen) atoms. The minimum Gasteiger partial charge on any atom is -0.488 e. The number of benzene rings is 2. The highest BCUT2D eigenvalue weighted by Crippen LogP contribution is 2.24. The number of aromatic nitrogens is 1. The van der Waals surface area contributed by atoms with E-state index in [9.17, 15) is 4.39 Å². The van der Waals surface area contributed by atoms with Crippen molar-refractivity contribution >= 4 is 11.6 Å². The van der Waals surface area contributed by atoms with Gasteiger partial charge < -0.3 is 14.8 Å². The highest BCUT2D eigenvalue weighted by Gasteiger charge is 2.07. The van der Waals surface area contributed by atoms with Crippen molar-refractivity contribution in [3.8, 4) is 11.6 Å². The monoisotopic (exact) mass is 386 g/mol. The van der Waals surface area contributed by atoms with E-state index >= 15 is 0 Å². The molecule has 140 valence electrons. The first-order valence-electron chi connectivity index (χ1n) is 8.61. The Hall–Kier alpha value is -2.63. The number of ether oxygens (including phenoxy) is 2. The molecular weight excluding hydrogens is 367 g/mol. The Morgan fingerprint density at radius 1 is 0.963 bits per heavy atom. The molecule has 0 fully saturated rings. The summed E-state index contributed by atoms with van der Waals surface area (Å²) in [6.07, 6.45) is 1.69. The summed E-state index contributed by atoms with van der Waals surface area (Å²) in [7, 11) is 0. The van der Waals surface area contributed by atoms with Gasteiger partial charge in [-0.3, -0.25) is 0 Å². The number of nitrogens with zero attached hydrogens (tertiary/aromatic N) is 1. The summed E-state index contributed by atoms with van der Waals surface area (Å²) in [5.41, 5.74) is 1.41. The largest absolute Gasteiger partial charge is 0.488 e. The minimum absolute atomic E-state index is 0.157. The SMILES string of the molecule is Fc1ccccc1COc1ccc(Cl)cc1CNCCOc1ccccn1. The minimum atomic E-state index is -0.280. The van der Waals surface area contributed by atoms with Gasteiger partial charge in [-0.1, -0.05) is 35.9 Å². The molecule has 0 spiro atoms. The van der Waals surface area contributed by atoms with Gasteiger partial charge in [0.25, 0.3) is 0 Å². The van der Waals surface area contributed by atoms with E-state index in [4.69, 9.17) is 21.1 Å². The molecule has 1 N–H and O–H groups in total. The van der Waals surface area contributed by atoms with Crippen molar-refractivity contribution in [2.24, 2.45) is 0 Å². The Kier molecular flexibility index (Phi) is 7.02. The number of nitrogens with one attached hydrogen (secondary N) is 1. The lowest BCUT2D eigenvalue weighted by molar-refractivity contribution is 0.291. The fraction of sp³-hybridized carbons (Fsp3) is 0.190. The van der Waals surface area contributed by atoms with Crippen molar-refractivity contribution in [3.63, 3.8) is 0 Å². The van der Waals surface area contributed by atoms with Crippen LogP contribution in [0.1, 0.15) is 11.1 Å². The third-order valence-electron chi connectivity index (χ3n) is 3.85. The Labute approximate surface area is 162 Å². The molecule has 0 aliphatic heterocycles. The molecule has 6 heteroatoms. The molecule has 0 saturated carbocycles. The van der Waals surface area contributed by atoms with E-state index in [1.807, 2.05) is 24.3 Å². The average Bonchev–Trinajstić information content (AvgIpc) is 2.69. The van der Waals surface area contributed by atoms with Crippen molar-refractivity contribution in [2.75, 3.05) is 13.2 Å². The summed E-state index contributed by atoms with van der Waals surface area (Å²) in [5.74, 6) is 0.981. The van der Waals surface area contributed by atoms with Crippen LogP contribution in [0.3, 0.4) is 0 Å². The molecular formula is C21H20ClFN2O2. The number of rotatable bonds is 9. The van der Waals surface area contributed by atoms with E-state index in [2.05, 4.69) is 10.3 Å². The Morgan fingerprint density at radius 2 is 1.81 bits per heavy atom. The van der Waals surface area contributed by atoms with Crippen LogP contribution in [0, 0.1) is 5.82 Å². The van der Waals surface area contributed by atoms with E-state index in [1.165, 1.54) is 6.07 Å². The molecule has 3 aromatic rings. The zero-order valence-electron chi connectivity index (χ0n) is 14.7. The van der Waals surface area contributed by atoms with Gasteiger partial charge in [0.2, 0.25) is 5.88 Å². The normalized spacial score (nSPS) is 10.6. The third-order valence-corrected chi connectivity index (χ3v) is 4.08. The van der Waals surface area contributed by atoms with Crippen LogP contribution >= 0.6 is 11.6 Å². The van der Waals surface area contributed by atoms with Gasteiger partial charge in [-0.25, -0.2) is 9.37 Å². The topological polar surface area (TPSA) is 43.4 Å². The number of hydrogen-bond acceptors (Lipinski definition) is 4. The van der Waals surface area contributed by atoms with E-state index in [1.54, 1.807) is 36.5 Å². The molecule has 0 bridgehead atoms. The summed E-state index contributed by atoms with van der Waals surface area (Å²) in [4.78, 5) is 4.10. The zero-order valence-corrected chi connectivity index (χ0v) is 15.5. The summed E-state index contributed by atoms with van der Waals surface area (Å²) in [6.45, 7) is 1.83. The maximum Gasteiger partial charge on any atom is 0.213 e. The Bertz CT molecular complexity index is 862. The summed E-state index contributed by atoms with van der Waals surface area (Å²) in [5, 5.41) is 3.90. The molecule has 3 rings (SSSR count). The molecule has 1 aromatic heterocycles. The van der Waals surface area contributed by atoms with Gasteiger partial charge in [0, 0.05) is 41.5 Å². The zero-order chi connectivity index (χ0) is 18.9. The molecule has 0 aliphatic carbocycles. The lowest BCUT2D eigenvalue weighted by Crippen LogP contribution is -2.21. The second-order valence-electron chi connectivity index (χ2n) is 5.83. The first kappa shape index (κ1) is 19.1. The lowest BCUT2D eigenvalue weighted by atomic mass is 10.2. The van der Waals surface area contributed by atoms with Gasteiger partial charge in [-0.15, -0.1) is 0 Å². The predicted molar refractivity (Wildman–Crippen MR) is 104 cm³/mol. The van der Waals surface area contributed by atoms with Crippen LogP contribution in [0.5, 0.6) is 11.6 Å². The van der Waals surface area contributed by atoms with Crippen LogP contribution in [0.15, 0.2) is 66.9 Å². The van der Waals surface area contributed by atoms with Gasteiger partial charge in [0.1, 0.15) is 24.8 Å². The molecule has 0 radical (unpaired) electrons. The quantitative estimate of drug-likeness (QED) is 0.545. The molecule has 0 amide bonds. The first-order valence-corrected chi connectivity index (χ1v) is 8.99. The van der Waals surface area contributed by atoms with Gasteiger partial charge >= 0.3 is 0 Å². The molecule has 1 heterocycles. The number of hydrogen-bond donors (Lipinski definition) is 1. The second-order valence-corrected chi connectivity index (χ2v) is 6.26. The molecule has 2 aromatic carbocycles. The summed E-state index contributed by atoms with van der Waals surface area (Å²) < 4.78 is 25.1. The average molecular weight is 387 g/mol. The highest BCUT2D eigenvalue weighted by molar-refractivity contribution is 6.30. The predicted octanol–water partition coefficient (Wildman–Crippen LogP) is 4.62.